The van der Waals surface area contributed by atoms with Crippen LogP contribution in [0, 0.1) is 12.7 Å². The van der Waals surface area contributed by atoms with E-state index in [2.05, 4.69) is 0 Å². The normalized spacial score (nSPS) is 9.73. The van der Waals surface area contributed by atoms with Crippen molar-refractivity contribution in [2.75, 3.05) is 7.11 Å². The molecule has 56 valence electrons. The fourth-order valence-electron chi connectivity index (χ4n) is 0.825. The third-order valence-corrected chi connectivity index (χ3v) is 1.54. The second-order valence-electron chi connectivity index (χ2n) is 2.34. The van der Waals surface area contributed by atoms with E-state index in [0.29, 0.717) is 5.46 Å². The Morgan fingerprint density at radius 1 is 1.45 bits per heavy atom. The molecule has 0 spiro atoms. The van der Waals surface area contributed by atoms with Gasteiger partial charge < -0.3 is 4.74 Å². The van der Waals surface area contributed by atoms with Crippen molar-refractivity contribution in [1.29, 1.82) is 0 Å². The van der Waals surface area contributed by atoms with Crippen molar-refractivity contribution in [3.05, 3.63) is 23.5 Å². The molecule has 0 bridgehead atoms. The lowest BCUT2D eigenvalue weighted by atomic mass is 9.91. The Morgan fingerprint density at radius 2 is 2.09 bits per heavy atom. The van der Waals surface area contributed by atoms with Crippen LogP contribution in [0.1, 0.15) is 5.56 Å². The van der Waals surface area contributed by atoms with Crippen LogP contribution in [-0.4, -0.2) is 15.0 Å². The number of methoxy groups -OCH3 is 1. The minimum absolute atomic E-state index is 0.188. The Labute approximate surface area is 66.6 Å². The van der Waals surface area contributed by atoms with E-state index in [4.69, 9.17) is 12.6 Å². The second-order valence-corrected chi connectivity index (χ2v) is 2.34. The minimum Gasteiger partial charge on any atom is -0.494 e. The molecule has 3 heteroatoms. The van der Waals surface area contributed by atoms with Gasteiger partial charge in [-0.05, 0) is 19.1 Å². The van der Waals surface area contributed by atoms with Crippen LogP contribution in [0.25, 0.3) is 0 Å². The van der Waals surface area contributed by atoms with Gasteiger partial charge in [-0.1, -0.05) is 11.0 Å². The van der Waals surface area contributed by atoms with Gasteiger partial charge in [0, 0.05) is 0 Å². The molecule has 2 radical (unpaired) electrons. The Balaban J connectivity index is 3.21. The summed E-state index contributed by atoms with van der Waals surface area (Å²) in [4.78, 5) is 0. The van der Waals surface area contributed by atoms with E-state index in [1.807, 2.05) is 0 Å². The second kappa shape index (κ2) is 2.95. The standard InChI is InChI=1S/C8H8BFO/c1-5-3-7(10)8(11-2)4-6(5)9/h3-4H,1-2H3. The zero-order valence-electron chi connectivity index (χ0n) is 6.52. The predicted octanol–water partition coefficient (Wildman–Crippen LogP) is 0.937. The zero-order chi connectivity index (χ0) is 8.43. The number of hydrogen-bond donors (Lipinski definition) is 0. The maximum atomic E-state index is 12.9. The molecular weight excluding hydrogens is 142 g/mol. The molecule has 1 nitrogen and oxygen atoms in total. The van der Waals surface area contributed by atoms with Crippen LogP contribution in [0.5, 0.6) is 5.75 Å². The predicted molar refractivity (Wildman–Crippen MR) is 43.1 cm³/mol. The van der Waals surface area contributed by atoms with Gasteiger partial charge in [0.1, 0.15) is 7.85 Å². The number of aryl methyl sites for hydroxylation is 1. The van der Waals surface area contributed by atoms with Gasteiger partial charge in [-0.3, -0.25) is 0 Å². The first kappa shape index (κ1) is 8.11. The summed E-state index contributed by atoms with van der Waals surface area (Å²) >= 11 is 0. The SMILES string of the molecule is [B]c1cc(OC)c(F)cc1C. The number of halogens is 1. The fraction of sp³-hybridized carbons (Fsp3) is 0.250. The van der Waals surface area contributed by atoms with Crippen molar-refractivity contribution in [3.63, 3.8) is 0 Å². The third kappa shape index (κ3) is 1.53. The molecule has 0 saturated heterocycles. The van der Waals surface area contributed by atoms with E-state index in [1.165, 1.54) is 19.2 Å². The molecule has 11 heavy (non-hydrogen) atoms. The van der Waals surface area contributed by atoms with E-state index in [0.717, 1.165) is 5.56 Å². The van der Waals surface area contributed by atoms with Crippen molar-refractivity contribution in [1.82, 2.24) is 0 Å². The highest BCUT2D eigenvalue weighted by molar-refractivity contribution is 6.33. The largest absolute Gasteiger partial charge is 0.494 e. The maximum Gasteiger partial charge on any atom is 0.165 e. The summed E-state index contributed by atoms with van der Waals surface area (Å²) in [5, 5.41) is 0. The molecule has 0 aliphatic heterocycles. The smallest absolute Gasteiger partial charge is 0.165 e. The van der Waals surface area contributed by atoms with Crippen molar-refractivity contribution >= 4 is 13.3 Å². The van der Waals surface area contributed by atoms with E-state index in [-0.39, 0.29) is 11.6 Å². The monoisotopic (exact) mass is 150 g/mol. The van der Waals surface area contributed by atoms with Gasteiger partial charge in [0.2, 0.25) is 0 Å². The lowest BCUT2D eigenvalue weighted by Crippen LogP contribution is -2.08. The molecule has 0 aromatic heterocycles. The van der Waals surface area contributed by atoms with Crippen LogP contribution in [0.4, 0.5) is 4.39 Å². The van der Waals surface area contributed by atoms with Crippen LogP contribution < -0.4 is 10.2 Å². The van der Waals surface area contributed by atoms with Gasteiger partial charge >= 0.3 is 0 Å². The molecule has 0 aliphatic carbocycles. The van der Waals surface area contributed by atoms with Crippen LogP contribution >= 0.6 is 0 Å². The van der Waals surface area contributed by atoms with Crippen molar-refractivity contribution in [2.45, 2.75) is 6.92 Å². The van der Waals surface area contributed by atoms with Crippen molar-refractivity contribution in [3.8, 4) is 5.75 Å². The molecule has 1 aromatic carbocycles. The lowest BCUT2D eigenvalue weighted by molar-refractivity contribution is 0.387. The first-order valence-corrected chi connectivity index (χ1v) is 3.24. The molecule has 0 amide bonds. The maximum absolute atomic E-state index is 12.9. The lowest BCUT2D eigenvalue weighted by Gasteiger charge is -2.05. The Morgan fingerprint density at radius 3 is 2.64 bits per heavy atom. The van der Waals surface area contributed by atoms with Gasteiger partial charge in [-0.15, -0.1) is 0 Å². The summed E-state index contributed by atoms with van der Waals surface area (Å²) in [6.07, 6.45) is 0. The first-order valence-electron chi connectivity index (χ1n) is 3.24. The molecular formula is C8H8BFO. The van der Waals surface area contributed by atoms with Crippen molar-refractivity contribution in [2.24, 2.45) is 0 Å². The van der Waals surface area contributed by atoms with E-state index < -0.39 is 0 Å². The van der Waals surface area contributed by atoms with Crippen LogP contribution in [-0.2, 0) is 0 Å². The van der Waals surface area contributed by atoms with Crippen molar-refractivity contribution < 1.29 is 9.13 Å². The van der Waals surface area contributed by atoms with Gasteiger partial charge in [-0.2, -0.15) is 0 Å². The summed E-state index contributed by atoms with van der Waals surface area (Å²) in [5.41, 5.74) is 1.27. The molecule has 0 unspecified atom stereocenters. The Hall–Kier alpha value is -0.985. The Bertz CT molecular complexity index is 273. The van der Waals surface area contributed by atoms with E-state index >= 15 is 0 Å². The summed E-state index contributed by atoms with van der Waals surface area (Å²) < 4.78 is 17.6. The quantitative estimate of drug-likeness (QED) is 0.541. The molecule has 1 rings (SSSR count). The van der Waals surface area contributed by atoms with Crippen LogP contribution in [0.3, 0.4) is 0 Å². The highest BCUT2D eigenvalue weighted by atomic mass is 19.1. The molecule has 0 N–H and O–H groups in total. The Kier molecular flexibility index (Phi) is 2.18. The summed E-state index contributed by atoms with van der Waals surface area (Å²) in [7, 11) is 6.93. The fourth-order valence-corrected chi connectivity index (χ4v) is 0.825. The number of rotatable bonds is 1. The average molecular weight is 150 g/mol. The van der Waals surface area contributed by atoms with Crippen LogP contribution in [0.15, 0.2) is 12.1 Å². The highest BCUT2D eigenvalue weighted by Crippen LogP contribution is 2.14. The highest BCUT2D eigenvalue weighted by Gasteiger charge is 2.03. The number of hydrogen-bond acceptors (Lipinski definition) is 1. The van der Waals surface area contributed by atoms with Gasteiger partial charge in [-0.25, -0.2) is 4.39 Å². The van der Waals surface area contributed by atoms with Crippen LogP contribution in [0.2, 0.25) is 0 Å². The molecule has 0 atom stereocenters. The molecule has 0 aliphatic rings. The summed E-state index contributed by atoms with van der Waals surface area (Å²) in [6, 6.07) is 2.83. The first-order chi connectivity index (χ1) is 5.15. The topological polar surface area (TPSA) is 9.23 Å². The van der Waals surface area contributed by atoms with Gasteiger partial charge in [0.25, 0.3) is 0 Å². The summed E-state index contributed by atoms with van der Waals surface area (Å²) in [6.45, 7) is 1.75. The zero-order valence-corrected chi connectivity index (χ0v) is 6.52. The number of ether oxygens (including phenoxy) is 1. The molecule has 1 aromatic rings. The van der Waals surface area contributed by atoms with Gasteiger partial charge in [0.15, 0.2) is 11.6 Å². The molecule has 0 saturated carbocycles. The van der Waals surface area contributed by atoms with Gasteiger partial charge in [0.05, 0.1) is 7.11 Å². The minimum atomic E-state index is -0.376. The summed E-state index contributed by atoms with van der Waals surface area (Å²) in [5.74, 6) is -0.188. The average Bonchev–Trinajstić information content (AvgIpc) is 1.97. The third-order valence-electron chi connectivity index (χ3n) is 1.54. The van der Waals surface area contributed by atoms with E-state index in [1.54, 1.807) is 6.92 Å². The number of benzene rings is 1. The molecule has 0 fully saturated rings. The molecule has 0 heterocycles. The van der Waals surface area contributed by atoms with E-state index in [9.17, 15) is 4.39 Å².